The lowest BCUT2D eigenvalue weighted by atomic mass is 10.0. The molecule has 1 atom stereocenters. The van der Waals surface area contributed by atoms with Crippen LogP contribution in [0.15, 0.2) is 29.1 Å². The molecule has 3 nitrogen and oxygen atoms in total. The predicted octanol–water partition coefficient (Wildman–Crippen LogP) is 2.90. The van der Waals surface area contributed by atoms with Crippen LogP contribution in [0.1, 0.15) is 31.1 Å². The molecule has 0 saturated carbocycles. The molecule has 0 bridgehead atoms. The molecule has 2 heterocycles. The zero-order valence-electron chi connectivity index (χ0n) is 11.3. The van der Waals surface area contributed by atoms with Crippen molar-refractivity contribution in [1.29, 1.82) is 0 Å². The molecule has 0 aliphatic heterocycles. The first-order chi connectivity index (χ1) is 8.69. The Morgan fingerprint density at radius 3 is 2.72 bits per heavy atom. The molecule has 1 unspecified atom stereocenters. The second-order valence-electron chi connectivity index (χ2n) is 4.91. The summed E-state index contributed by atoms with van der Waals surface area (Å²) < 4.78 is 2.02. The quantitative estimate of drug-likeness (QED) is 0.868. The van der Waals surface area contributed by atoms with E-state index in [0.717, 1.165) is 12.8 Å². The molecule has 98 valence electrons. The van der Waals surface area contributed by atoms with E-state index in [1.54, 1.807) is 11.3 Å². The van der Waals surface area contributed by atoms with Crippen LogP contribution in [0.25, 0.3) is 0 Å². The second-order valence-corrected chi connectivity index (χ2v) is 5.69. The summed E-state index contributed by atoms with van der Waals surface area (Å²) in [6.45, 7) is 4.30. The van der Waals surface area contributed by atoms with Gasteiger partial charge < -0.3 is 5.32 Å². The fourth-order valence-electron chi connectivity index (χ4n) is 2.00. The Balaban J connectivity index is 1.96. The van der Waals surface area contributed by atoms with Crippen LogP contribution >= 0.6 is 11.3 Å². The van der Waals surface area contributed by atoms with Crippen LogP contribution < -0.4 is 5.32 Å². The number of nitrogens with zero attached hydrogens (tertiary/aromatic N) is 2. The monoisotopic (exact) mass is 263 g/mol. The van der Waals surface area contributed by atoms with Crippen molar-refractivity contribution in [2.45, 2.75) is 38.8 Å². The van der Waals surface area contributed by atoms with Crippen molar-refractivity contribution in [2.24, 2.45) is 0 Å². The van der Waals surface area contributed by atoms with Gasteiger partial charge in [-0.3, -0.25) is 4.68 Å². The van der Waals surface area contributed by atoms with E-state index >= 15 is 0 Å². The highest BCUT2D eigenvalue weighted by Gasteiger charge is 2.11. The highest BCUT2D eigenvalue weighted by Crippen LogP contribution is 2.12. The Bertz CT molecular complexity index is 459. The summed E-state index contributed by atoms with van der Waals surface area (Å²) in [6.07, 6.45) is 4.11. The summed E-state index contributed by atoms with van der Waals surface area (Å²) in [5.41, 5.74) is 2.57. The molecular weight excluding hydrogens is 242 g/mol. The van der Waals surface area contributed by atoms with E-state index in [2.05, 4.69) is 53.4 Å². The largest absolute Gasteiger partial charge is 0.316 e. The number of likely N-dealkylation sites (N-methyl/N-ethyl adjacent to an activating group) is 1. The van der Waals surface area contributed by atoms with Crippen LogP contribution in [0.4, 0.5) is 0 Å². The summed E-state index contributed by atoms with van der Waals surface area (Å²) in [6, 6.07) is 5.21. The molecule has 4 heteroatoms. The Morgan fingerprint density at radius 2 is 2.17 bits per heavy atom. The molecule has 2 aromatic rings. The minimum absolute atomic E-state index is 0.434. The van der Waals surface area contributed by atoms with Crippen molar-refractivity contribution in [1.82, 2.24) is 15.1 Å². The molecule has 2 rings (SSSR count). The number of thiophene rings is 1. The van der Waals surface area contributed by atoms with Gasteiger partial charge in [0.15, 0.2) is 0 Å². The minimum Gasteiger partial charge on any atom is -0.316 e. The molecule has 0 radical (unpaired) electrons. The summed E-state index contributed by atoms with van der Waals surface area (Å²) in [5.74, 6) is 0. The summed E-state index contributed by atoms with van der Waals surface area (Å²) in [7, 11) is 2.02. The zero-order valence-corrected chi connectivity index (χ0v) is 12.1. The van der Waals surface area contributed by atoms with Crippen LogP contribution in [-0.2, 0) is 12.8 Å². The summed E-state index contributed by atoms with van der Waals surface area (Å²) in [4.78, 5) is 0. The van der Waals surface area contributed by atoms with Crippen molar-refractivity contribution >= 4 is 11.3 Å². The van der Waals surface area contributed by atoms with Gasteiger partial charge in [-0.15, -0.1) is 0 Å². The van der Waals surface area contributed by atoms with Crippen molar-refractivity contribution in [3.8, 4) is 0 Å². The van der Waals surface area contributed by atoms with E-state index < -0.39 is 0 Å². The third-order valence-corrected chi connectivity index (χ3v) is 3.85. The third-order valence-electron chi connectivity index (χ3n) is 3.12. The van der Waals surface area contributed by atoms with Crippen LogP contribution in [-0.4, -0.2) is 22.9 Å². The molecule has 2 aromatic heterocycles. The maximum Gasteiger partial charge on any atom is 0.0640 e. The van der Waals surface area contributed by atoms with Crippen LogP contribution in [0, 0.1) is 0 Å². The molecule has 0 spiro atoms. The average molecular weight is 263 g/mol. The molecule has 0 aromatic carbocycles. The molecule has 0 amide bonds. The van der Waals surface area contributed by atoms with Gasteiger partial charge in [-0.05, 0) is 55.8 Å². The van der Waals surface area contributed by atoms with E-state index in [1.807, 2.05) is 11.7 Å². The zero-order chi connectivity index (χ0) is 13.0. The standard InChI is InChI=1S/C14H21N3S/c1-11(2)17-6-4-13(16-17)9-14(15-3)8-12-5-7-18-10-12/h4-7,10-11,14-15H,8-9H2,1-3H3. The smallest absolute Gasteiger partial charge is 0.0640 e. The normalized spacial score (nSPS) is 13.1. The molecule has 1 N–H and O–H groups in total. The van der Waals surface area contributed by atoms with Gasteiger partial charge in [0.25, 0.3) is 0 Å². The first kappa shape index (κ1) is 13.3. The fraction of sp³-hybridized carbons (Fsp3) is 0.500. The molecule has 0 aliphatic carbocycles. The van der Waals surface area contributed by atoms with Crippen molar-refractivity contribution in [2.75, 3.05) is 7.05 Å². The highest BCUT2D eigenvalue weighted by molar-refractivity contribution is 7.07. The van der Waals surface area contributed by atoms with Gasteiger partial charge in [-0.25, -0.2) is 0 Å². The average Bonchev–Trinajstić information content (AvgIpc) is 2.99. The number of hydrogen-bond donors (Lipinski definition) is 1. The Labute approximate surface area is 113 Å². The molecule has 0 fully saturated rings. The lowest BCUT2D eigenvalue weighted by Gasteiger charge is -2.14. The molecule has 0 saturated heterocycles. The number of nitrogens with one attached hydrogen (secondary N) is 1. The number of hydrogen-bond acceptors (Lipinski definition) is 3. The number of aromatic nitrogens is 2. The SMILES string of the molecule is CNC(Cc1ccsc1)Cc1ccn(C(C)C)n1. The third kappa shape index (κ3) is 3.43. The van der Waals surface area contributed by atoms with Gasteiger partial charge in [0, 0.05) is 24.7 Å². The molecule has 0 aliphatic rings. The maximum atomic E-state index is 4.61. The Hall–Kier alpha value is -1.13. The van der Waals surface area contributed by atoms with E-state index in [9.17, 15) is 0 Å². The van der Waals surface area contributed by atoms with Gasteiger partial charge in [0.1, 0.15) is 0 Å². The van der Waals surface area contributed by atoms with E-state index in [-0.39, 0.29) is 0 Å². The molecular formula is C14H21N3S. The topological polar surface area (TPSA) is 29.9 Å². The summed E-state index contributed by atoms with van der Waals surface area (Å²) in [5, 5.41) is 12.3. The minimum atomic E-state index is 0.434. The lowest BCUT2D eigenvalue weighted by molar-refractivity contribution is 0.508. The van der Waals surface area contributed by atoms with E-state index in [1.165, 1.54) is 11.3 Å². The predicted molar refractivity (Wildman–Crippen MR) is 77.2 cm³/mol. The Kier molecular flexibility index (Phi) is 4.55. The highest BCUT2D eigenvalue weighted by atomic mass is 32.1. The summed E-state index contributed by atoms with van der Waals surface area (Å²) >= 11 is 1.76. The number of rotatable bonds is 6. The second kappa shape index (κ2) is 6.16. The van der Waals surface area contributed by atoms with Gasteiger partial charge in [0.2, 0.25) is 0 Å². The van der Waals surface area contributed by atoms with Crippen LogP contribution in [0.2, 0.25) is 0 Å². The van der Waals surface area contributed by atoms with Gasteiger partial charge in [-0.1, -0.05) is 0 Å². The Morgan fingerprint density at radius 1 is 1.33 bits per heavy atom. The lowest BCUT2D eigenvalue weighted by Crippen LogP contribution is -2.30. The van der Waals surface area contributed by atoms with Crippen molar-refractivity contribution in [3.05, 3.63) is 40.3 Å². The van der Waals surface area contributed by atoms with Crippen molar-refractivity contribution < 1.29 is 0 Å². The van der Waals surface area contributed by atoms with E-state index in [4.69, 9.17) is 0 Å². The first-order valence-electron chi connectivity index (χ1n) is 6.41. The van der Waals surface area contributed by atoms with Gasteiger partial charge in [0.05, 0.1) is 5.69 Å². The maximum absolute atomic E-state index is 4.61. The van der Waals surface area contributed by atoms with Crippen molar-refractivity contribution in [3.63, 3.8) is 0 Å². The van der Waals surface area contributed by atoms with Crippen LogP contribution in [0.3, 0.4) is 0 Å². The van der Waals surface area contributed by atoms with Gasteiger partial charge >= 0.3 is 0 Å². The van der Waals surface area contributed by atoms with E-state index in [0.29, 0.717) is 12.1 Å². The van der Waals surface area contributed by atoms with Crippen LogP contribution in [0.5, 0.6) is 0 Å². The fourth-order valence-corrected chi connectivity index (χ4v) is 2.68. The van der Waals surface area contributed by atoms with Gasteiger partial charge in [-0.2, -0.15) is 16.4 Å². The molecule has 18 heavy (non-hydrogen) atoms. The first-order valence-corrected chi connectivity index (χ1v) is 7.35.